The van der Waals surface area contributed by atoms with E-state index in [0.717, 1.165) is 24.2 Å². The van der Waals surface area contributed by atoms with Crippen molar-refractivity contribution in [2.75, 3.05) is 23.9 Å². The summed E-state index contributed by atoms with van der Waals surface area (Å²) < 4.78 is 0. The summed E-state index contributed by atoms with van der Waals surface area (Å²) in [6.07, 6.45) is 19.0. The molecule has 0 fully saturated rings. The van der Waals surface area contributed by atoms with Crippen molar-refractivity contribution >= 4 is 23.2 Å². The molecule has 1 heterocycles. The molecule has 1 aliphatic rings. The zero-order valence-corrected chi connectivity index (χ0v) is 20.2. The molecule has 0 atom stereocenters. The number of hydrogen-bond donors (Lipinski definition) is 0. The average molecular weight is 429 g/mol. The highest BCUT2D eigenvalue weighted by molar-refractivity contribution is 6.17. The molecule has 0 unspecified atom stereocenters. The normalized spacial score (nSPS) is 14.8. The molecule has 0 N–H and O–H groups in total. The quantitative estimate of drug-likeness (QED) is 0.220. The van der Waals surface area contributed by atoms with Crippen LogP contribution in [-0.2, 0) is 9.59 Å². The molecule has 2 rings (SSSR count). The standard InChI is InChI=1S/C27H44N2O2/c1-4-5-6-7-8-9-10-11-12-13-14-15-16-17-20-23-26(30)28(2)24-21-18-19-22-25(24)29(3)27(23)31/h18-19,21-23H,4-17,20H2,1-3H3. The fourth-order valence-corrected chi connectivity index (χ4v) is 4.63. The highest BCUT2D eigenvalue weighted by Crippen LogP contribution is 2.34. The highest BCUT2D eigenvalue weighted by Gasteiger charge is 2.36. The number of amides is 2. The third-order valence-corrected chi connectivity index (χ3v) is 6.71. The Morgan fingerprint density at radius 1 is 0.613 bits per heavy atom. The fraction of sp³-hybridized carbons (Fsp3) is 0.704. The lowest BCUT2D eigenvalue weighted by atomic mass is 9.97. The Balaban J connectivity index is 1.58. The van der Waals surface area contributed by atoms with Gasteiger partial charge in [0.05, 0.1) is 11.4 Å². The minimum atomic E-state index is -0.556. The van der Waals surface area contributed by atoms with Crippen molar-refractivity contribution in [2.45, 2.75) is 103 Å². The van der Waals surface area contributed by atoms with E-state index >= 15 is 0 Å². The van der Waals surface area contributed by atoms with Crippen LogP contribution >= 0.6 is 0 Å². The van der Waals surface area contributed by atoms with Crippen LogP contribution in [0, 0.1) is 5.92 Å². The van der Waals surface area contributed by atoms with Crippen molar-refractivity contribution in [1.29, 1.82) is 0 Å². The van der Waals surface area contributed by atoms with E-state index in [1.807, 2.05) is 24.3 Å². The number of carbonyl (C=O) groups is 2. The molecule has 0 aromatic heterocycles. The van der Waals surface area contributed by atoms with E-state index in [4.69, 9.17) is 0 Å². The molecule has 0 spiro atoms. The van der Waals surface area contributed by atoms with Gasteiger partial charge in [-0.05, 0) is 18.6 Å². The van der Waals surface area contributed by atoms with Crippen molar-refractivity contribution in [3.63, 3.8) is 0 Å². The Kier molecular flexibility index (Phi) is 11.7. The first-order valence-electron chi connectivity index (χ1n) is 12.7. The van der Waals surface area contributed by atoms with Crippen LogP contribution in [0.3, 0.4) is 0 Å². The SMILES string of the molecule is CCCCCCCCCCCCCCCCC1C(=O)N(C)c2ccccc2N(C)C1=O. The van der Waals surface area contributed by atoms with Crippen molar-refractivity contribution < 1.29 is 9.59 Å². The Bertz CT molecular complexity index is 632. The molecule has 2 amide bonds. The summed E-state index contributed by atoms with van der Waals surface area (Å²) in [7, 11) is 3.57. The van der Waals surface area contributed by atoms with E-state index in [1.165, 1.54) is 77.0 Å². The third kappa shape index (κ3) is 7.97. The summed E-state index contributed by atoms with van der Waals surface area (Å²) in [5.41, 5.74) is 1.62. The van der Waals surface area contributed by atoms with Crippen LogP contribution in [0.25, 0.3) is 0 Å². The predicted molar refractivity (Wildman–Crippen MR) is 132 cm³/mol. The molecule has 1 aromatic rings. The van der Waals surface area contributed by atoms with E-state index < -0.39 is 5.92 Å². The van der Waals surface area contributed by atoms with Gasteiger partial charge in [0, 0.05) is 14.1 Å². The number of hydrogen-bond acceptors (Lipinski definition) is 2. The number of rotatable bonds is 15. The zero-order chi connectivity index (χ0) is 22.5. The molecule has 0 radical (unpaired) electrons. The summed E-state index contributed by atoms with van der Waals surface area (Å²) in [6.45, 7) is 2.27. The number of fused-ring (bicyclic) bond motifs is 1. The van der Waals surface area contributed by atoms with Gasteiger partial charge in [-0.3, -0.25) is 9.59 Å². The molecule has 0 saturated heterocycles. The monoisotopic (exact) mass is 428 g/mol. The molecular formula is C27H44N2O2. The molecule has 1 aromatic carbocycles. The zero-order valence-electron chi connectivity index (χ0n) is 20.2. The second-order valence-electron chi connectivity index (χ2n) is 9.22. The van der Waals surface area contributed by atoms with Gasteiger partial charge in [0.2, 0.25) is 11.8 Å². The lowest BCUT2D eigenvalue weighted by Crippen LogP contribution is -2.39. The topological polar surface area (TPSA) is 40.6 Å². The Hall–Kier alpha value is -1.84. The Labute approximate surface area is 190 Å². The van der Waals surface area contributed by atoms with Gasteiger partial charge in [-0.2, -0.15) is 0 Å². The van der Waals surface area contributed by atoms with Gasteiger partial charge in [-0.15, -0.1) is 0 Å². The molecular weight excluding hydrogens is 384 g/mol. The minimum Gasteiger partial charge on any atom is -0.313 e. The number of anilines is 2. The van der Waals surface area contributed by atoms with Crippen LogP contribution in [0.15, 0.2) is 24.3 Å². The largest absolute Gasteiger partial charge is 0.313 e. The second kappa shape index (κ2) is 14.3. The van der Waals surface area contributed by atoms with Gasteiger partial charge in [-0.1, -0.05) is 109 Å². The second-order valence-corrected chi connectivity index (χ2v) is 9.22. The molecule has 0 bridgehead atoms. The maximum absolute atomic E-state index is 12.9. The number of unbranched alkanes of at least 4 members (excludes halogenated alkanes) is 13. The molecule has 1 aliphatic heterocycles. The van der Waals surface area contributed by atoms with Gasteiger partial charge < -0.3 is 9.80 Å². The van der Waals surface area contributed by atoms with Crippen LogP contribution in [0.2, 0.25) is 0 Å². The van der Waals surface area contributed by atoms with E-state index in [9.17, 15) is 9.59 Å². The summed E-state index contributed by atoms with van der Waals surface area (Å²) in [4.78, 5) is 29.1. The summed E-state index contributed by atoms with van der Waals surface area (Å²) in [5.74, 6) is -0.701. The fourth-order valence-electron chi connectivity index (χ4n) is 4.63. The molecule has 31 heavy (non-hydrogen) atoms. The number of nitrogens with zero attached hydrogens (tertiary/aromatic N) is 2. The first-order valence-corrected chi connectivity index (χ1v) is 12.7. The van der Waals surface area contributed by atoms with Crippen LogP contribution in [0.1, 0.15) is 103 Å². The molecule has 174 valence electrons. The third-order valence-electron chi connectivity index (χ3n) is 6.71. The van der Waals surface area contributed by atoms with Gasteiger partial charge in [0.1, 0.15) is 5.92 Å². The molecule has 4 heteroatoms. The van der Waals surface area contributed by atoms with E-state index in [-0.39, 0.29) is 11.8 Å². The summed E-state index contributed by atoms with van der Waals surface area (Å²) >= 11 is 0. The van der Waals surface area contributed by atoms with Crippen molar-refractivity contribution in [3.8, 4) is 0 Å². The lowest BCUT2D eigenvalue weighted by Gasteiger charge is -2.19. The van der Waals surface area contributed by atoms with Gasteiger partial charge in [0.15, 0.2) is 0 Å². The number of benzene rings is 1. The van der Waals surface area contributed by atoms with Crippen molar-refractivity contribution in [2.24, 2.45) is 5.92 Å². The van der Waals surface area contributed by atoms with E-state index in [1.54, 1.807) is 23.9 Å². The Morgan fingerprint density at radius 2 is 0.968 bits per heavy atom. The van der Waals surface area contributed by atoms with Crippen LogP contribution < -0.4 is 9.80 Å². The van der Waals surface area contributed by atoms with Crippen LogP contribution in [0.5, 0.6) is 0 Å². The molecule has 4 nitrogen and oxygen atoms in total. The van der Waals surface area contributed by atoms with Crippen molar-refractivity contribution in [1.82, 2.24) is 0 Å². The Morgan fingerprint density at radius 3 is 1.35 bits per heavy atom. The molecule has 0 aliphatic carbocycles. The minimum absolute atomic E-state index is 0.0727. The smallest absolute Gasteiger partial charge is 0.239 e. The van der Waals surface area contributed by atoms with Gasteiger partial charge >= 0.3 is 0 Å². The summed E-state index contributed by atoms with van der Waals surface area (Å²) in [6, 6.07) is 7.64. The molecule has 0 saturated carbocycles. The highest BCUT2D eigenvalue weighted by atomic mass is 16.2. The van der Waals surface area contributed by atoms with Crippen LogP contribution in [-0.4, -0.2) is 25.9 Å². The summed E-state index contributed by atoms with van der Waals surface area (Å²) in [5, 5.41) is 0. The first kappa shape index (κ1) is 25.4. The van der Waals surface area contributed by atoms with Gasteiger partial charge in [-0.25, -0.2) is 0 Å². The van der Waals surface area contributed by atoms with E-state index in [0.29, 0.717) is 6.42 Å². The first-order chi connectivity index (χ1) is 15.1. The lowest BCUT2D eigenvalue weighted by molar-refractivity contribution is -0.132. The average Bonchev–Trinajstić information content (AvgIpc) is 2.85. The van der Waals surface area contributed by atoms with E-state index in [2.05, 4.69) is 6.92 Å². The number of para-hydroxylation sites is 2. The maximum atomic E-state index is 12.9. The van der Waals surface area contributed by atoms with Gasteiger partial charge in [0.25, 0.3) is 0 Å². The number of carbonyl (C=O) groups excluding carboxylic acids is 2. The predicted octanol–water partition coefficient (Wildman–Crippen LogP) is 7.11. The van der Waals surface area contributed by atoms with Crippen molar-refractivity contribution in [3.05, 3.63) is 24.3 Å². The van der Waals surface area contributed by atoms with Crippen LogP contribution in [0.4, 0.5) is 11.4 Å². The maximum Gasteiger partial charge on any atom is 0.239 e.